The van der Waals surface area contributed by atoms with E-state index in [2.05, 4.69) is 0 Å². The van der Waals surface area contributed by atoms with Crippen LogP contribution in [0.1, 0.15) is 33.6 Å². The van der Waals surface area contributed by atoms with Crippen molar-refractivity contribution in [3.8, 4) is 0 Å². The van der Waals surface area contributed by atoms with E-state index in [1.54, 1.807) is 60.7 Å². The van der Waals surface area contributed by atoms with Crippen molar-refractivity contribution in [2.45, 2.75) is 12.8 Å². The molecule has 0 fully saturated rings. The largest absolute Gasteiger partial charge is 0.473 e. The lowest BCUT2D eigenvalue weighted by molar-refractivity contribution is 0.0502. The maximum absolute atomic E-state index is 11.7. The van der Waals surface area contributed by atoms with E-state index in [4.69, 9.17) is 14.2 Å². The van der Waals surface area contributed by atoms with Crippen molar-refractivity contribution in [2.75, 3.05) is 13.2 Å². The van der Waals surface area contributed by atoms with Crippen LogP contribution >= 0.6 is 0 Å². The SMILES string of the molecule is O=C(OCCC=COC=CCCOC(=O)c1ccccc1)c1ccccc1. The summed E-state index contributed by atoms with van der Waals surface area (Å²) in [6, 6.07) is 17.7. The number of benzene rings is 2. The topological polar surface area (TPSA) is 61.8 Å². The average molecular weight is 366 g/mol. The lowest BCUT2D eigenvalue weighted by Crippen LogP contribution is -2.05. The molecular formula is C22H22O5. The quantitative estimate of drug-likeness (QED) is 0.351. The first kappa shape index (κ1) is 20.0. The normalized spacial score (nSPS) is 10.8. The predicted octanol–water partition coefficient (Wildman–Crippen LogP) is 4.52. The molecule has 0 bridgehead atoms. The minimum atomic E-state index is -0.338. The Balaban J connectivity index is 1.49. The lowest BCUT2D eigenvalue weighted by atomic mass is 10.2. The van der Waals surface area contributed by atoms with Gasteiger partial charge in [0.2, 0.25) is 0 Å². The van der Waals surface area contributed by atoms with Crippen LogP contribution in [0.25, 0.3) is 0 Å². The van der Waals surface area contributed by atoms with Gasteiger partial charge in [0.15, 0.2) is 0 Å². The second-order valence-corrected chi connectivity index (χ2v) is 5.46. The first-order chi connectivity index (χ1) is 13.3. The molecule has 27 heavy (non-hydrogen) atoms. The summed E-state index contributed by atoms with van der Waals surface area (Å²) < 4.78 is 15.4. The Kier molecular flexibility index (Phi) is 8.94. The number of rotatable bonds is 10. The second kappa shape index (κ2) is 12.1. The molecule has 0 atom stereocenters. The zero-order valence-electron chi connectivity index (χ0n) is 15.0. The number of hydrogen-bond acceptors (Lipinski definition) is 5. The van der Waals surface area contributed by atoms with Crippen molar-refractivity contribution in [1.82, 2.24) is 0 Å². The molecule has 0 amide bonds. The summed E-state index contributed by atoms with van der Waals surface area (Å²) in [7, 11) is 0. The van der Waals surface area contributed by atoms with Gasteiger partial charge in [-0.3, -0.25) is 0 Å². The van der Waals surface area contributed by atoms with Gasteiger partial charge in [-0.15, -0.1) is 0 Å². The highest BCUT2D eigenvalue weighted by Crippen LogP contribution is 2.02. The van der Waals surface area contributed by atoms with Gasteiger partial charge < -0.3 is 14.2 Å². The Morgan fingerprint density at radius 1 is 0.667 bits per heavy atom. The van der Waals surface area contributed by atoms with Crippen molar-refractivity contribution >= 4 is 11.9 Å². The van der Waals surface area contributed by atoms with E-state index in [0.29, 0.717) is 24.0 Å². The van der Waals surface area contributed by atoms with Gasteiger partial charge in [0.05, 0.1) is 36.9 Å². The number of ether oxygens (including phenoxy) is 3. The van der Waals surface area contributed by atoms with Gasteiger partial charge in [0.25, 0.3) is 0 Å². The average Bonchev–Trinajstić information content (AvgIpc) is 2.73. The Morgan fingerprint density at radius 3 is 1.48 bits per heavy atom. The van der Waals surface area contributed by atoms with E-state index in [9.17, 15) is 9.59 Å². The Hall–Kier alpha value is -3.34. The molecule has 0 radical (unpaired) electrons. The molecule has 0 saturated heterocycles. The van der Waals surface area contributed by atoms with Gasteiger partial charge in [0, 0.05) is 12.8 Å². The Morgan fingerprint density at radius 2 is 1.07 bits per heavy atom. The molecule has 0 unspecified atom stereocenters. The fourth-order valence-electron chi connectivity index (χ4n) is 2.05. The maximum Gasteiger partial charge on any atom is 0.338 e. The van der Waals surface area contributed by atoms with Crippen molar-refractivity contribution in [1.29, 1.82) is 0 Å². The third-order valence-electron chi connectivity index (χ3n) is 3.40. The van der Waals surface area contributed by atoms with E-state index in [1.165, 1.54) is 12.5 Å². The molecular weight excluding hydrogens is 344 g/mol. The molecule has 5 heteroatoms. The Bertz CT molecular complexity index is 685. The monoisotopic (exact) mass is 366 g/mol. The third-order valence-corrected chi connectivity index (χ3v) is 3.40. The maximum atomic E-state index is 11.7. The summed E-state index contributed by atoms with van der Waals surface area (Å²) >= 11 is 0. The third kappa shape index (κ3) is 8.05. The second-order valence-electron chi connectivity index (χ2n) is 5.46. The minimum Gasteiger partial charge on any atom is -0.473 e. The fourth-order valence-corrected chi connectivity index (χ4v) is 2.05. The molecule has 2 aromatic rings. The van der Waals surface area contributed by atoms with E-state index in [-0.39, 0.29) is 25.2 Å². The van der Waals surface area contributed by atoms with Crippen molar-refractivity contribution in [2.24, 2.45) is 0 Å². The zero-order valence-corrected chi connectivity index (χ0v) is 15.0. The molecule has 0 spiro atoms. The van der Waals surface area contributed by atoms with Crippen LogP contribution < -0.4 is 0 Å². The van der Waals surface area contributed by atoms with Crippen LogP contribution in [0.15, 0.2) is 85.3 Å². The van der Waals surface area contributed by atoms with Crippen LogP contribution in [0, 0.1) is 0 Å². The smallest absolute Gasteiger partial charge is 0.338 e. The summed E-state index contributed by atoms with van der Waals surface area (Å²) in [6.45, 7) is 0.569. The molecule has 0 heterocycles. The van der Waals surface area contributed by atoms with Gasteiger partial charge >= 0.3 is 11.9 Å². The molecule has 0 saturated carbocycles. The minimum absolute atomic E-state index is 0.284. The summed E-state index contributed by atoms with van der Waals surface area (Å²) in [6.07, 6.45) is 7.67. The van der Waals surface area contributed by atoms with Crippen molar-refractivity contribution in [3.05, 3.63) is 96.5 Å². The van der Waals surface area contributed by atoms with Gasteiger partial charge in [-0.1, -0.05) is 36.4 Å². The number of esters is 2. The van der Waals surface area contributed by atoms with Gasteiger partial charge in [-0.2, -0.15) is 0 Å². The molecule has 0 aliphatic carbocycles. The van der Waals surface area contributed by atoms with Crippen LogP contribution in [0.2, 0.25) is 0 Å². The number of hydrogen-bond donors (Lipinski definition) is 0. The van der Waals surface area contributed by atoms with E-state index in [0.717, 1.165) is 0 Å². The molecule has 0 aliphatic heterocycles. The highest BCUT2D eigenvalue weighted by molar-refractivity contribution is 5.89. The van der Waals surface area contributed by atoms with Crippen LogP contribution in [0.4, 0.5) is 0 Å². The summed E-state index contributed by atoms with van der Waals surface area (Å²) in [5.74, 6) is -0.676. The first-order valence-corrected chi connectivity index (χ1v) is 8.67. The van der Waals surface area contributed by atoms with Crippen LogP contribution in [-0.2, 0) is 14.2 Å². The molecule has 0 N–H and O–H groups in total. The van der Waals surface area contributed by atoms with Gasteiger partial charge in [-0.05, 0) is 36.4 Å². The highest BCUT2D eigenvalue weighted by atomic mass is 16.5. The molecule has 140 valence electrons. The van der Waals surface area contributed by atoms with Gasteiger partial charge in [0.1, 0.15) is 0 Å². The van der Waals surface area contributed by atoms with E-state index < -0.39 is 0 Å². The van der Waals surface area contributed by atoms with E-state index in [1.807, 2.05) is 12.1 Å². The van der Waals surface area contributed by atoms with Gasteiger partial charge in [-0.25, -0.2) is 9.59 Å². The standard InChI is InChI=1S/C22H22O5/c23-21(19-11-3-1-4-12-19)26-17-9-7-15-25-16-8-10-18-27-22(24)20-13-5-2-6-14-20/h1-8,11-16H,9-10,17-18H2. The summed E-state index contributed by atoms with van der Waals surface area (Å²) in [5.41, 5.74) is 1.07. The molecule has 5 nitrogen and oxygen atoms in total. The van der Waals surface area contributed by atoms with Crippen molar-refractivity contribution in [3.63, 3.8) is 0 Å². The van der Waals surface area contributed by atoms with Crippen molar-refractivity contribution < 1.29 is 23.8 Å². The molecule has 2 aromatic carbocycles. The molecule has 2 rings (SSSR count). The number of carbonyl (C=O) groups excluding carboxylic acids is 2. The number of carbonyl (C=O) groups is 2. The lowest BCUT2D eigenvalue weighted by Gasteiger charge is -2.02. The molecule has 0 aliphatic rings. The molecule has 0 aromatic heterocycles. The summed E-state index contributed by atoms with van der Waals surface area (Å²) in [5, 5.41) is 0. The first-order valence-electron chi connectivity index (χ1n) is 8.67. The Labute approximate surface area is 158 Å². The van der Waals surface area contributed by atoms with E-state index >= 15 is 0 Å². The highest BCUT2D eigenvalue weighted by Gasteiger charge is 2.05. The van der Waals surface area contributed by atoms with Crippen LogP contribution in [0.5, 0.6) is 0 Å². The van der Waals surface area contributed by atoms with Crippen LogP contribution in [-0.4, -0.2) is 25.2 Å². The summed E-state index contributed by atoms with van der Waals surface area (Å²) in [4.78, 5) is 23.4. The van der Waals surface area contributed by atoms with Crippen LogP contribution in [0.3, 0.4) is 0 Å². The predicted molar refractivity (Wildman–Crippen MR) is 102 cm³/mol. The fraction of sp³-hybridized carbons (Fsp3) is 0.182. The zero-order chi connectivity index (χ0) is 19.2.